The Balaban J connectivity index is 2.39. The van der Waals surface area contributed by atoms with Gasteiger partial charge in [0.1, 0.15) is 11.6 Å². The molecule has 0 unspecified atom stereocenters. The van der Waals surface area contributed by atoms with Crippen molar-refractivity contribution in [2.75, 3.05) is 6.26 Å². The van der Waals surface area contributed by atoms with Gasteiger partial charge in [-0.05, 0) is 36.8 Å². The second-order valence-electron chi connectivity index (χ2n) is 4.32. The minimum absolute atomic E-state index is 0.137. The molecule has 0 heterocycles. The monoisotopic (exact) mass is 258 g/mol. The number of hydrogen-bond acceptors (Lipinski definition) is 2. The largest absolute Gasteiger partial charge is 0.481 e. The van der Waals surface area contributed by atoms with Gasteiger partial charge in [-0.25, -0.2) is 8.78 Å². The van der Waals surface area contributed by atoms with Gasteiger partial charge in [-0.1, -0.05) is 0 Å². The highest BCUT2D eigenvalue weighted by molar-refractivity contribution is 7.98. The highest BCUT2D eigenvalue weighted by atomic mass is 32.2. The maximum Gasteiger partial charge on any atom is 0.304 e. The van der Waals surface area contributed by atoms with Gasteiger partial charge in [0.25, 0.3) is 0 Å². The first-order chi connectivity index (χ1) is 7.98. The molecule has 0 atom stereocenters. The van der Waals surface area contributed by atoms with Crippen molar-refractivity contribution in [1.82, 2.24) is 0 Å². The molecule has 92 valence electrons. The summed E-state index contributed by atoms with van der Waals surface area (Å²) in [7, 11) is 0. The molecule has 0 aliphatic heterocycles. The summed E-state index contributed by atoms with van der Waals surface area (Å²) in [6.07, 6.45) is 2.74. The zero-order valence-electron chi connectivity index (χ0n) is 9.30. The lowest BCUT2D eigenvalue weighted by molar-refractivity contribution is -0.137. The van der Waals surface area contributed by atoms with Crippen LogP contribution in [-0.4, -0.2) is 17.3 Å². The molecule has 0 radical (unpaired) electrons. The lowest BCUT2D eigenvalue weighted by Crippen LogP contribution is -2.15. The summed E-state index contributed by atoms with van der Waals surface area (Å²) in [5, 5.41) is 8.79. The molecular weight excluding hydrogens is 246 g/mol. The third kappa shape index (κ3) is 2.29. The van der Waals surface area contributed by atoms with E-state index in [1.807, 2.05) is 0 Å². The molecule has 1 aromatic carbocycles. The van der Waals surface area contributed by atoms with Gasteiger partial charge in [0.15, 0.2) is 0 Å². The average Bonchev–Trinajstić information content (AvgIpc) is 3.00. The summed E-state index contributed by atoms with van der Waals surface area (Å²) in [5.74, 6) is -1.96. The predicted molar refractivity (Wildman–Crippen MR) is 61.3 cm³/mol. The van der Waals surface area contributed by atoms with Gasteiger partial charge in [-0.3, -0.25) is 4.79 Å². The Morgan fingerprint density at radius 2 is 2.06 bits per heavy atom. The Bertz CT molecular complexity index is 470. The Kier molecular flexibility index (Phi) is 3.12. The van der Waals surface area contributed by atoms with E-state index in [9.17, 15) is 13.6 Å². The van der Waals surface area contributed by atoms with Crippen molar-refractivity contribution in [1.29, 1.82) is 0 Å². The second-order valence-corrected chi connectivity index (χ2v) is 5.17. The van der Waals surface area contributed by atoms with Gasteiger partial charge in [0, 0.05) is 10.3 Å². The molecule has 5 heteroatoms. The van der Waals surface area contributed by atoms with Crippen LogP contribution in [0.5, 0.6) is 0 Å². The first kappa shape index (κ1) is 12.4. The van der Waals surface area contributed by atoms with Crippen molar-refractivity contribution in [3.05, 3.63) is 29.3 Å². The number of benzene rings is 1. The Hall–Kier alpha value is -1.10. The van der Waals surface area contributed by atoms with E-state index in [1.54, 1.807) is 6.26 Å². The van der Waals surface area contributed by atoms with Crippen LogP contribution in [0.3, 0.4) is 0 Å². The molecule has 0 amide bonds. The van der Waals surface area contributed by atoms with E-state index in [0.717, 1.165) is 23.9 Å². The Morgan fingerprint density at radius 1 is 1.41 bits per heavy atom. The van der Waals surface area contributed by atoms with Crippen LogP contribution >= 0.6 is 11.8 Å². The van der Waals surface area contributed by atoms with Crippen molar-refractivity contribution >= 4 is 17.7 Å². The molecule has 0 aromatic heterocycles. The predicted octanol–water partition coefficient (Wildman–Crippen LogP) is 3.19. The first-order valence-corrected chi connectivity index (χ1v) is 6.46. The number of carboxylic acid groups (broad SMARTS) is 1. The summed E-state index contributed by atoms with van der Waals surface area (Å²) in [6.45, 7) is 0. The van der Waals surface area contributed by atoms with Crippen LogP contribution in [0.1, 0.15) is 24.8 Å². The molecule has 0 saturated heterocycles. The van der Waals surface area contributed by atoms with Crippen molar-refractivity contribution in [2.45, 2.75) is 29.6 Å². The van der Waals surface area contributed by atoms with Gasteiger partial charge in [0.2, 0.25) is 0 Å². The van der Waals surface area contributed by atoms with Gasteiger partial charge < -0.3 is 5.11 Å². The first-order valence-electron chi connectivity index (χ1n) is 5.24. The van der Waals surface area contributed by atoms with Gasteiger partial charge in [0.05, 0.1) is 6.42 Å². The number of aliphatic carboxylic acids is 1. The summed E-state index contributed by atoms with van der Waals surface area (Å²) in [5.41, 5.74) is -0.483. The van der Waals surface area contributed by atoms with Crippen LogP contribution in [0, 0.1) is 11.6 Å². The number of hydrogen-bond donors (Lipinski definition) is 1. The van der Waals surface area contributed by atoms with Crippen LogP contribution in [0.15, 0.2) is 17.0 Å². The zero-order chi connectivity index (χ0) is 12.6. The fourth-order valence-electron chi connectivity index (χ4n) is 2.07. The topological polar surface area (TPSA) is 37.3 Å². The van der Waals surface area contributed by atoms with Gasteiger partial charge in [-0.2, -0.15) is 0 Å². The molecule has 2 nitrogen and oxygen atoms in total. The highest BCUT2D eigenvalue weighted by Crippen LogP contribution is 2.52. The van der Waals surface area contributed by atoms with Crippen LogP contribution in [0.4, 0.5) is 8.78 Å². The van der Waals surface area contributed by atoms with Crippen LogP contribution in [0.25, 0.3) is 0 Å². The number of carboxylic acids is 1. The van der Waals surface area contributed by atoms with Crippen molar-refractivity contribution in [2.24, 2.45) is 0 Å². The quantitative estimate of drug-likeness (QED) is 0.843. The average molecular weight is 258 g/mol. The van der Waals surface area contributed by atoms with Crippen LogP contribution in [0.2, 0.25) is 0 Å². The van der Waals surface area contributed by atoms with E-state index in [-0.39, 0.29) is 16.9 Å². The van der Waals surface area contributed by atoms with Crippen molar-refractivity contribution in [3.8, 4) is 0 Å². The molecule has 1 fully saturated rings. The molecule has 1 aromatic rings. The van der Waals surface area contributed by atoms with E-state index >= 15 is 0 Å². The standard InChI is InChI=1S/C12H12F2O2S/c1-17-10-5-8(13)7(4-9(10)14)12(2-3-12)6-11(15)16/h4-5H,2-3,6H2,1H3,(H,15,16). The molecule has 1 N–H and O–H groups in total. The van der Waals surface area contributed by atoms with E-state index < -0.39 is 23.0 Å². The second kappa shape index (κ2) is 4.29. The molecule has 1 aliphatic carbocycles. The number of halogens is 2. The van der Waals surface area contributed by atoms with Crippen molar-refractivity contribution in [3.63, 3.8) is 0 Å². The minimum atomic E-state index is -0.976. The van der Waals surface area contributed by atoms with Gasteiger partial charge >= 0.3 is 5.97 Å². The summed E-state index contributed by atoms with van der Waals surface area (Å²) in [4.78, 5) is 11.0. The molecule has 0 bridgehead atoms. The van der Waals surface area contributed by atoms with E-state index in [1.165, 1.54) is 0 Å². The molecule has 17 heavy (non-hydrogen) atoms. The number of rotatable bonds is 4. The smallest absolute Gasteiger partial charge is 0.304 e. The van der Waals surface area contributed by atoms with Crippen LogP contribution < -0.4 is 0 Å². The fraction of sp³-hybridized carbons (Fsp3) is 0.417. The highest BCUT2D eigenvalue weighted by Gasteiger charge is 2.48. The number of carbonyl (C=O) groups is 1. The van der Waals surface area contributed by atoms with E-state index in [2.05, 4.69) is 0 Å². The van der Waals surface area contributed by atoms with E-state index in [4.69, 9.17) is 5.11 Å². The summed E-state index contributed by atoms with van der Waals surface area (Å²) < 4.78 is 27.4. The lowest BCUT2D eigenvalue weighted by Gasteiger charge is -2.15. The zero-order valence-corrected chi connectivity index (χ0v) is 10.1. The summed E-state index contributed by atoms with van der Waals surface area (Å²) >= 11 is 1.13. The third-order valence-corrected chi connectivity index (χ3v) is 3.91. The van der Waals surface area contributed by atoms with Crippen LogP contribution in [-0.2, 0) is 10.2 Å². The Morgan fingerprint density at radius 3 is 2.53 bits per heavy atom. The normalized spacial score (nSPS) is 16.9. The minimum Gasteiger partial charge on any atom is -0.481 e. The fourth-order valence-corrected chi connectivity index (χ4v) is 2.55. The third-order valence-electron chi connectivity index (χ3n) is 3.16. The maximum absolute atomic E-state index is 13.8. The molecule has 1 saturated carbocycles. The Labute approximate surface area is 102 Å². The summed E-state index contributed by atoms with van der Waals surface area (Å²) in [6, 6.07) is 2.30. The van der Waals surface area contributed by atoms with E-state index in [0.29, 0.717) is 12.8 Å². The molecule has 0 spiro atoms. The molecular formula is C12H12F2O2S. The van der Waals surface area contributed by atoms with Gasteiger partial charge in [-0.15, -0.1) is 11.8 Å². The maximum atomic E-state index is 13.8. The molecule has 1 aliphatic rings. The molecule has 2 rings (SSSR count). The SMILES string of the molecule is CSc1cc(F)c(C2(CC(=O)O)CC2)cc1F. The van der Waals surface area contributed by atoms with Crippen molar-refractivity contribution < 1.29 is 18.7 Å². The number of thioether (sulfide) groups is 1. The lowest BCUT2D eigenvalue weighted by atomic mass is 9.92.